The monoisotopic (exact) mass is 422 g/mol. The number of anilines is 1. The maximum atomic E-state index is 12.9. The van der Waals surface area contributed by atoms with Crippen LogP contribution in [0.3, 0.4) is 0 Å². The Morgan fingerprint density at radius 2 is 1.77 bits per heavy atom. The lowest BCUT2D eigenvalue weighted by molar-refractivity contribution is -0.204. The fourth-order valence-corrected chi connectivity index (χ4v) is 3.80. The topological polar surface area (TPSA) is 84.8 Å². The highest BCUT2D eigenvalue weighted by Crippen LogP contribution is 2.39. The molecule has 3 rings (SSSR count). The summed E-state index contributed by atoms with van der Waals surface area (Å²) in [4.78, 5) is 17.9. The lowest BCUT2D eigenvalue weighted by atomic mass is 9.93. The van der Waals surface area contributed by atoms with Gasteiger partial charge in [-0.25, -0.2) is 9.69 Å². The number of carbonyl (C=O) groups is 1. The van der Waals surface area contributed by atoms with Crippen LogP contribution in [0.5, 0.6) is 0 Å². The molecule has 9 heteroatoms. The van der Waals surface area contributed by atoms with Gasteiger partial charge >= 0.3 is 12.1 Å². The van der Waals surface area contributed by atoms with E-state index in [1.54, 1.807) is 17.0 Å². The number of nitrogens with two attached hydrogens (primary N) is 2. The molecule has 0 spiro atoms. The van der Waals surface area contributed by atoms with Crippen LogP contribution in [0.15, 0.2) is 36.4 Å². The quantitative estimate of drug-likeness (QED) is 0.781. The Morgan fingerprint density at radius 1 is 1.13 bits per heavy atom. The van der Waals surface area contributed by atoms with Gasteiger partial charge in [0, 0.05) is 12.1 Å². The number of halogens is 3. The third kappa shape index (κ3) is 4.00. The summed E-state index contributed by atoms with van der Waals surface area (Å²) in [6, 6.07) is 11.1. The summed E-state index contributed by atoms with van der Waals surface area (Å²) >= 11 is 0. The van der Waals surface area contributed by atoms with Crippen LogP contribution >= 0.6 is 0 Å². The van der Waals surface area contributed by atoms with E-state index in [-0.39, 0.29) is 5.69 Å². The highest BCUT2D eigenvalue weighted by Gasteiger charge is 2.46. The SMILES string of the molecule is CCCN1C(N)c2ccc(-c3c(C)cccc3C)cc2N(OC(=O)C(F)(F)F)C1N. The van der Waals surface area contributed by atoms with Crippen LogP contribution in [0.4, 0.5) is 18.9 Å². The number of hydrogen-bond acceptors (Lipinski definition) is 6. The summed E-state index contributed by atoms with van der Waals surface area (Å²) in [6.45, 7) is 6.21. The number of hydroxylamine groups is 1. The van der Waals surface area contributed by atoms with Gasteiger partial charge in [-0.1, -0.05) is 37.3 Å². The van der Waals surface area contributed by atoms with Crippen molar-refractivity contribution < 1.29 is 22.8 Å². The summed E-state index contributed by atoms with van der Waals surface area (Å²) in [5.41, 5.74) is 17.0. The van der Waals surface area contributed by atoms with E-state index in [0.717, 1.165) is 27.3 Å². The smallest absolute Gasteiger partial charge is 0.329 e. The minimum absolute atomic E-state index is 0.236. The second-order valence-corrected chi connectivity index (χ2v) is 7.34. The van der Waals surface area contributed by atoms with Crippen molar-refractivity contribution in [1.82, 2.24) is 4.90 Å². The predicted octanol–water partition coefficient (Wildman–Crippen LogP) is 3.72. The van der Waals surface area contributed by atoms with Crippen molar-refractivity contribution in [1.29, 1.82) is 0 Å². The molecule has 1 aliphatic heterocycles. The van der Waals surface area contributed by atoms with Gasteiger partial charge in [-0.3, -0.25) is 5.73 Å². The number of benzene rings is 2. The average molecular weight is 422 g/mol. The number of fused-ring (bicyclic) bond motifs is 1. The Hall–Kier alpha value is -2.62. The molecule has 0 radical (unpaired) electrons. The minimum atomic E-state index is -5.15. The second kappa shape index (κ2) is 8.25. The van der Waals surface area contributed by atoms with Gasteiger partial charge in [-0.15, -0.1) is 0 Å². The van der Waals surface area contributed by atoms with Crippen molar-refractivity contribution in [3.05, 3.63) is 53.1 Å². The number of aryl methyl sites for hydroxylation is 2. The molecule has 1 aliphatic rings. The molecule has 0 fully saturated rings. The summed E-state index contributed by atoms with van der Waals surface area (Å²) in [7, 11) is 0. The van der Waals surface area contributed by atoms with Gasteiger partial charge in [0.2, 0.25) is 0 Å². The first-order valence-corrected chi connectivity index (χ1v) is 9.62. The lowest BCUT2D eigenvalue weighted by Crippen LogP contribution is -2.61. The van der Waals surface area contributed by atoms with Gasteiger partial charge in [-0.05, 0) is 48.6 Å². The molecular weight excluding hydrogens is 397 g/mol. The van der Waals surface area contributed by atoms with Gasteiger partial charge in [-0.2, -0.15) is 18.2 Å². The van der Waals surface area contributed by atoms with Gasteiger partial charge < -0.3 is 10.6 Å². The molecular formula is C21H25F3N4O2. The number of alkyl halides is 3. The van der Waals surface area contributed by atoms with Crippen molar-refractivity contribution in [2.45, 2.75) is 45.8 Å². The summed E-state index contributed by atoms with van der Waals surface area (Å²) in [6.07, 6.45) is -6.30. The van der Waals surface area contributed by atoms with Crippen LogP contribution in [0.1, 0.15) is 36.2 Å². The van der Waals surface area contributed by atoms with Crippen LogP contribution < -0.4 is 16.5 Å². The Balaban J connectivity index is 2.14. The molecule has 6 nitrogen and oxygen atoms in total. The number of nitrogens with zero attached hydrogens (tertiary/aromatic N) is 2. The molecule has 0 bridgehead atoms. The van der Waals surface area contributed by atoms with Gasteiger partial charge in [0.05, 0.1) is 11.9 Å². The number of hydrogen-bond donors (Lipinski definition) is 2. The molecule has 0 saturated carbocycles. The maximum Gasteiger partial charge on any atom is 0.493 e. The van der Waals surface area contributed by atoms with Crippen molar-refractivity contribution in [3.8, 4) is 11.1 Å². The van der Waals surface area contributed by atoms with Crippen molar-refractivity contribution >= 4 is 11.7 Å². The number of carbonyl (C=O) groups excluding carboxylic acids is 1. The van der Waals surface area contributed by atoms with Crippen molar-refractivity contribution in [2.75, 3.05) is 11.6 Å². The molecule has 4 N–H and O–H groups in total. The molecule has 0 aromatic heterocycles. The fourth-order valence-electron chi connectivity index (χ4n) is 3.80. The molecule has 2 aromatic rings. The molecule has 2 aromatic carbocycles. The summed E-state index contributed by atoms with van der Waals surface area (Å²) in [5, 5.41) is 0.807. The van der Waals surface area contributed by atoms with Gasteiger partial charge in [0.25, 0.3) is 0 Å². The van der Waals surface area contributed by atoms with E-state index >= 15 is 0 Å². The molecule has 162 valence electrons. The zero-order valence-corrected chi connectivity index (χ0v) is 17.0. The summed E-state index contributed by atoms with van der Waals surface area (Å²) in [5.74, 6) is -2.34. The Morgan fingerprint density at radius 3 is 2.33 bits per heavy atom. The Kier molecular flexibility index (Phi) is 6.07. The van der Waals surface area contributed by atoms with Crippen molar-refractivity contribution in [2.24, 2.45) is 11.5 Å². The first-order valence-electron chi connectivity index (χ1n) is 9.62. The highest BCUT2D eigenvalue weighted by molar-refractivity contribution is 5.79. The molecule has 1 heterocycles. The fraction of sp³-hybridized carbons (Fsp3) is 0.381. The molecule has 0 aliphatic carbocycles. The van der Waals surface area contributed by atoms with E-state index in [9.17, 15) is 18.0 Å². The number of rotatable bonds is 4. The minimum Gasteiger partial charge on any atom is -0.329 e. The zero-order chi connectivity index (χ0) is 22.2. The largest absolute Gasteiger partial charge is 0.493 e. The van der Waals surface area contributed by atoms with Crippen molar-refractivity contribution in [3.63, 3.8) is 0 Å². The van der Waals surface area contributed by atoms with Crippen LogP contribution in [0.25, 0.3) is 11.1 Å². The first-order chi connectivity index (χ1) is 14.1. The lowest BCUT2D eigenvalue weighted by Gasteiger charge is -2.45. The third-order valence-electron chi connectivity index (χ3n) is 5.19. The van der Waals surface area contributed by atoms with Crippen LogP contribution in [-0.2, 0) is 9.63 Å². The van der Waals surface area contributed by atoms with E-state index in [2.05, 4.69) is 0 Å². The van der Waals surface area contributed by atoms with E-state index in [4.69, 9.17) is 16.3 Å². The highest BCUT2D eigenvalue weighted by atomic mass is 19.4. The maximum absolute atomic E-state index is 12.9. The van der Waals surface area contributed by atoms with E-state index in [1.807, 2.05) is 45.0 Å². The molecule has 30 heavy (non-hydrogen) atoms. The van der Waals surface area contributed by atoms with E-state index in [1.165, 1.54) is 0 Å². The Labute approximate surface area is 173 Å². The van der Waals surface area contributed by atoms with Gasteiger partial charge in [0.15, 0.2) is 6.29 Å². The Bertz CT molecular complexity index is 928. The second-order valence-electron chi connectivity index (χ2n) is 7.34. The predicted molar refractivity (Wildman–Crippen MR) is 108 cm³/mol. The van der Waals surface area contributed by atoms with Crippen LogP contribution in [-0.4, -0.2) is 29.9 Å². The molecule has 0 amide bonds. The average Bonchev–Trinajstić information content (AvgIpc) is 2.67. The first kappa shape index (κ1) is 22.1. The van der Waals surface area contributed by atoms with E-state index < -0.39 is 24.6 Å². The van der Waals surface area contributed by atoms with Gasteiger partial charge in [0.1, 0.15) is 0 Å². The molecule has 2 unspecified atom stereocenters. The third-order valence-corrected chi connectivity index (χ3v) is 5.19. The van der Waals surface area contributed by atoms with Crippen LogP contribution in [0, 0.1) is 13.8 Å². The molecule has 2 atom stereocenters. The summed E-state index contributed by atoms with van der Waals surface area (Å²) < 4.78 is 38.7. The van der Waals surface area contributed by atoms with Crippen LogP contribution in [0.2, 0.25) is 0 Å². The van der Waals surface area contributed by atoms with E-state index in [0.29, 0.717) is 18.5 Å². The molecule has 0 saturated heterocycles. The zero-order valence-electron chi connectivity index (χ0n) is 17.0. The normalized spacial score (nSPS) is 19.5. The standard InChI is InChI=1S/C21H25F3N4O2/c1-4-10-27-18(25)15-9-8-14(17-12(2)6-5-7-13(17)3)11-16(15)28(20(27)26)30-19(29)21(22,23)24/h5-9,11,18,20H,4,10,25-26H2,1-3H3.